The van der Waals surface area contributed by atoms with E-state index in [0.29, 0.717) is 0 Å². The summed E-state index contributed by atoms with van der Waals surface area (Å²) in [5, 5.41) is 0. The van der Waals surface area contributed by atoms with Gasteiger partial charge in [0.1, 0.15) is 0 Å². The van der Waals surface area contributed by atoms with Gasteiger partial charge in [0.05, 0.1) is 22.8 Å². The van der Waals surface area contributed by atoms with Gasteiger partial charge in [0.2, 0.25) is 19.7 Å². The quantitative estimate of drug-likeness (QED) is 0.335. The second-order valence-electron chi connectivity index (χ2n) is 7.58. The first-order valence-corrected chi connectivity index (χ1v) is 13.1. The van der Waals surface area contributed by atoms with Crippen molar-refractivity contribution < 1.29 is 30.8 Å². The van der Waals surface area contributed by atoms with Crippen LogP contribution in [-0.4, -0.2) is 34.2 Å². The minimum absolute atomic E-state index is 0.0671. The number of benzene rings is 3. The number of hydrogen-bond donors (Lipinski definition) is 0. The van der Waals surface area contributed by atoms with Crippen molar-refractivity contribution in [2.75, 3.05) is 7.11 Å². The van der Waals surface area contributed by atoms with Crippen molar-refractivity contribution in [3.63, 3.8) is 0 Å². The Kier molecular flexibility index (Phi) is 7.09. The van der Waals surface area contributed by atoms with Crippen molar-refractivity contribution in [1.82, 2.24) is 0 Å². The molecule has 0 unspecified atom stereocenters. The van der Waals surface area contributed by atoms with Crippen LogP contribution >= 0.6 is 0 Å². The Balaban J connectivity index is 2.47. The average Bonchev–Trinajstić information content (AvgIpc) is 2.85. The maximum atomic E-state index is 17.5. The van der Waals surface area contributed by atoms with Gasteiger partial charge in [0, 0.05) is 5.57 Å². The number of aryl methyl sites for hydroxylation is 1. The molecule has 3 aromatic carbocycles. The van der Waals surface area contributed by atoms with Crippen LogP contribution in [0.2, 0.25) is 0 Å². The van der Waals surface area contributed by atoms with Crippen LogP contribution in [0, 0.1) is 6.92 Å². The molecule has 1 atom stereocenters. The molecule has 0 spiro atoms. The van der Waals surface area contributed by atoms with Crippen LogP contribution in [0.1, 0.15) is 17.0 Å². The first-order valence-electron chi connectivity index (χ1n) is 10.1. The highest BCUT2D eigenvalue weighted by Crippen LogP contribution is 2.50. The monoisotopic (exact) mass is 502 g/mol. The molecule has 3 rings (SSSR count). The van der Waals surface area contributed by atoms with Gasteiger partial charge in [-0.15, -0.1) is 0 Å². The SMILES string of the molecule is C=C(C(=O)OC)[C@@H](c1ccc(C)cc1)C(F)(S(=O)(=O)c1ccccc1)S(=O)(=O)c1ccccc1. The highest BCUT2D eigenvalue weighted by molar-refractivity contribution is 8.10. The number of rotatable bonds is 8. The lowest BCUT2D eigenvalue weighted by molar-refractivity contribution is -0.136. The lowest BCUT2D eigenvalue weighted by Crippen LogP contribution is -2.49. The van der Waals surface area contributed by atoms with Gasteiger partial charge >= 0.3 is 10.3 Å². The number of carbonyl (C=O) groups is 1. The zero-order valence-electron chi connectivity index (χ0n) is 18.5. The molecule has 9 heteroatoms. The summed E-state index contributed by atoms with van der Waals surface area (Å²) in [6, 6.07) is 18.6. The molecule has 0 radical (unpaired) electrons. The van der Waals surface area contributed by atoms with Gasteiger partial charge in [-0.2, -0.15) is 0 Å². The van der Waals surface area contributed by atoms with Crippen molar-refractivity contribution in [3.8, 4) is 0 Å². The molecule has 0 fully saturated rings. The molecule has 0 N–H and O–H groups in total. The summed E-state index contributed by atoms with van der Waals surface area (Å²) in [5.41, 5.74) is 0.0304. The number of sulfone groups is 2. The fourth-order valence-corrected chi connectivity index (χ4v) is 8.18. The Bertz CT molecular complexity index is 1330. The van der Waals surface area contributed by atoms with Crippen LogP contribution in [0.25, 0.3) is 0 Å². The third-order valence-electron chi connectivity index (χ3n) is 5.39. The summed E-state index contributed by atoms with van der Waals surface area (Å²) in [5.74, 6) is -3.27. The number of carbonyl (C=O) groups excluding carboxylic acids is 1. The zero-order chi connectivity index (χ0) is 25.1. The Morgan fingerprint density at radius 3 is 1.62 bits per heavy atom. The standard InChI is InChI=1S/C25H23FO6S2/c1-18-14-16-20(17-15-18)23(19(2)24(27)32-3)25(26,33(28,29)21-10-6-4-7-11-21)34(30,31)22-12-8-5-9-13-22/h4-17,23H,2H2,1,3H3/t23-/m0/s1. The molecule has 0 aliphatic rings. The summed E-state index contributed by atoms with van der Waals surface area (Å²) in [6.07, 6.45) is 0. The minimum Gasteiger partial charge on any atom is -0.466 e. The van der Waals surface area contributed by atoms with E-state index in [9.17, 15) is 21.6 Å². The van der Waals surface area contributed by atoms with Gasteiger partial charge in [-0.05, 0) is 36.8 Å². The van der Waals surface area contributed by atoms with Crippen LogP contribution in [-0.2, 0) is 29.2 Å². The smallest absolute Gasteiger partial charge is 0.333 e. The van der Waals surface area contributed by atoms with E-state index in [1.165, 1.54) is 48.5 Å². The Labute approximate surface area is 198 Å². The second kappa shape index (κ2) is 9.52. The second-order valence-corrected chi connectivity index (χ2v) is 12.0. The predicted octanol–water partition coefficient (Wildman–Crippen LogP) is 4.38. The number of alkyl halides is 1. The third kappa shape index (κ3) is 4.17. The van der Waals surface area contributed by atoms with Crippen LogP contribution in [0.5, 0.6) is 0 Å². The molecule has 0 saturated carbocycles. The topological polar surface area (TPSA) is 94.6 Å². The Hall–Kier alpha value is -3.30. The van der Waals surface area contributed by atoms with Crippen molar-refractivity contribution >= 4 is 25.6 Å². The summed E-state index contributed by atoms with van der Waals surface area (Å²) < 4.78 is 73.4. The highest BCUT2D eigenvalue weighted by Gasteiger charge is 2.64. The van der Waals surface area contributed by atoms with Crippen LogP contribution < -0.4 is 0 Å². The fraction of sp³-hybridized carbons (Fsp3) is 0.160. The van der Waals surface area contributed by atoms with Gasteiger partial charge in [-0.25, -0.2) is 26.0 Å². The minimum atomic E-state index is -5.27. The first kappa shape index (κ1) is 25.3. The number of ether oxygens (including phenoxy) is 1. The van der Waals surface area contributed by atoms with Gasteiger partial charge in [0.25, 0.3) is 0 Å². The van der Waals surface area contributed by atoms with E-state index in [4.69, 9.17) is 0 Å². The Morgan fingerprint density at radius 2 is 1.24 bits per heavy atom. The highest BCUT2D eigenvalue weighted by atomic mass is 32.3. The summed E-state index contributed by atoms with van der Waals surface area (Å²) in [7, 11) is -9.54. The number of hydrogen-bond acceptors (Lipinski definition) is 6. The van der Waals surface area contributed by atoms with Crippen molar-refractivity contribution in [1.29, 1.82) is 0 Å². The van der Waals surface area contributed by atoms with Crippen molar-refractivity contribution in [3.05, 3.63) is 108 Å². The van der Waals surface area contributed by atoms with Crippen LogP contribution in [0.15, 0.2) is 107 Å². The largest absolute Gasteiger partial charge is 0.466 e. The van der Waals surface area contributed by atoms with E-state index in [0.717, 1.165) is 36.9 Å². The van der Waals surface area contributed by atoms with E-state index < -0.39 is 51.3 Å². The third-order valence-corrected chi connectivity index (χ3v) is 10.4. The summed E-state index contributed by atoms with van der Waals surface area (Å²) in [4.78, 5) is 11.4. The molecule has 0 heterocycles. The molecule has 0 saturated heterocycles. The Morgan fingerprint density at radius 1 is 0.824 bits per heavy atom. The zero-order valence-corrected chi connectivity index (χ0v) is 20.1. The van der Waals surface area contributed by atoms with Crippen molar-refractivity contribution in [2.24, 2.45) is 0 Å². The molecule has 3 aromatic rings. The molecule has 6 nitrogen and oxygen atoms in total. The van der Waals surface area contributed by atoms with Crippen molar-refractivity contribution in [2.45, 2.75) is 27.0 Å². The molecule has 0 aliphatic carbocycles. The molecule has 0 aliphatic heterocycles. The van der Waals surface area contributed by atoms with Gasteiger partial charge in [-0.1, -0.05) is 72.8 Å². The molecular formula is C25H23FO6S2. The van der Waals surface area contributed by atoms with Crippen LogP contribution in [0.4, 0.5) is 4.39 Å². The normalized spacial score (nSPS) is 13.1. The number of esters is 1. The van der Waals surface area contributed by atoms with E-state index in [-0.39, 0.29) is 5.56 Å². The summed E-state index contributed by atoms with van der Waals surface area (Å²) in [6.45, 7) is 5.31. The molecule has 34 heavy (non-hydrogen) atoms. The van der Waals surface area contributed by atoms with Gasteiger partial charge in [0.15, 0.2) is 0 Å². The summed E-state index contributed by atoms with van der Waals surface area (Å²) >= 11 is 0. The number of methoxy groups -OCH3 is 1. The fourth-order valence-electron chi connectivity index (χ4n) is 3.59. The maximum Gasteiger partial charge on any atom is 0.333 e. The van der Waals surface area contributed by atoms with E-state index in [1.807, 2.05) is 0 Å². The van der Waals surface area contributed by atoms with Crippen LogP contribution in [0.3, 0.4) is 0 Å². The van der Waals surface area contributed by atoms with E-state index in [2.05, 4.69) is 11.3 Å². The average molecular weight is 503 g/mol. The van der Waals surface area contributed by atoms with E-state index >= 15 is 4.39 Å². The molecule has 0 amide bonds. The molecule has 0 bridgehead atoms. The maximum absolute atomic E-state index is 17.5. The lowest BCUT2D eigenvalue weighted by atomic mass is 9.92. The predicted molar refractivity (Wildman–Crippen MR) is 126 cm³/mol. The van der Waals surface area contributed by atoms with Gasteiger partial charge in [-0.3, -0.25) is 0 Å². The number of halogens is 1. The van der Waals surface area contributed by atoms with Gasteiger partial charge < -0.3 is 4.74 Å². The first-order chi connectivity index (χ1) is 16.0. The molecular weight excluding hydrogens is 479 g/mol. The molecule has 178 valence electrons. The molecule has 0 aromatic heterocycles. The lowest BCUT2D eigenvalue weighted by Gasteiger charge is -2.33. The van der Waals surface area contributed by atoms with E-state index in [1.54, 1.807) is 19.1 Å².